The molecule has 1 atom stereocenters. The molecule has 1 unspecified atom stereocenters. The molecule has 13 heavy (non-hydrogen) atoms. The van der Waals surface area contributed by atoms with Crippen LogP contribution in [-0.4, -0.2) is 20.2 Å². The van der Waals surface area contributed by atoms with Gasteiger partial charge in [0.2, 0.25) is 0 Å². The lowest BCUT2D eigenvalue weighted by Crippen LogP contribution is -2.19. The average molecular weight is 178 g/mol. The molecule has 1 aromatic rings. The zero-order valence-electron chi connectivity index (χ0n) is 7.73. The second kappa shape index (κ2) is 3.36. The Morgan fingerprint density at radius 1 is 1.54 bits per heavy atom. The highest BCUT2D eigenvalue weighted by Crippen LogP contribution is 2.34. The summed E-state index contributed by atoms with van der Waals surface area (Å²) >= 11 is 0. The number of hydrogen-bond donors (Lipinski definition) is 1. The predicted molar refractivity (Wildman–Crippen MR) is 52.6 cm³/mol. The zero-order chi connectivity index (χ0) is 9.26. The lowest BCUT2D eigenvalue weighted by Gasteiger charge is -2.11. The smallest absolute Gasteiger partial charge is 0.0765 e. The van der Waals surface area contributed by atoms with Crippen molar-refractivity contribution >= 4 is 5.69 Å². The molecule has 1 aromatic carbocycles. The number of para-hydroxylation sites is 1. The van der Waals surface area contributed by atoms with Crippen molar-refractivity contribution in [3.63, 3.8) is 0 Å². The van der Waals surface area contributed by atoms with Crippen LogP contribution >= 0.6 is 0 Å². The molecule has 1 aliphatic heterocycles. The van der Waals surface area contributed by atoms with Gasteiger partial charge in [-0.1, -0.05) is 18.2 Å². The Morgan fingerprint density at radius 3 is 3.08 bits per heavy atom. The Kier molecular flexibility index (Phi) is 2.20. The van der Waals surface area contributed by atoms with E-state index in [1.54, 1.807) is 0 Å². The third-order valence-corrected chi connectivity index (χ3v) is 2.58. The van der Waals surface area contributed by atoms with Crippen molar-refractivity contribution in [2.45, 2.75) is 5.92 Å². The SMILES string of the molecule is CN1CC(CON)c2ccccc21. The largest absolute Gasteiger partial charge is 0.374 e. The molecular weight excluding hydrogens is 164 g/mol. The maximum atomic E-state index is 5.09. The second-order valence-corrected chi connectivity index (χ2v) is 3.47. The van der Waals surface area contributed by atoms with Gasteiger partial charge in [-0.2, -0.15) is 0 Å². The van der Waals surface area contributed by atoms with E-state index in [0.717, 1.165) is 6.54 Å². The van der Waals surface area contributed by atoms with E-state index in [2.05, 4.69) is 36.2 Å². The Labute approximate surface area is 78.1 Å². The van der Waals surface area contributed by atoms with Crippen LogP contribution in [0.5, 0.6) is 0 Å². The highest BCUT2D eigenvalue weighted by molar-refractivity contribution is 5.59. The first-order valence-corrected chi connectivity index (χ1v) is 4.44. The quantitative estimate of drug-likeness (QED) is 0.689. The first kappa shape index (κ1) is 8.53. The molecule has 0 fully saturated rings. The standard InChI is InChI=1S/C10H14N2O/c1-12-6-8(7-13-11)9-4-2-3-5-10(9)12/h2-5,8H,6-7,11H2,1H3. The molecule has 2 N–H and O–H groups in total. The molecule has 3 heteroatoms. The molecule has 0 saturated heterocycles. The van der Waals surface area contributed by atoms with Crippen LogP contribution in [-0.2, 0) is 4.84 Å². The average Bonchev–Trinajstić information content (AvgIpc) is 2.46. The predicted octanol–water partition coefficient (Wildman–Crippen LogP) is 1.11. The van der Waals surface area contributed by atoms with Crippen molar-refractivity contribution in [3.8, 4) is 0 Å². The molecule has 0 spiro atoms. The van der Waals surface area contributed by atoms with Gasteiger partial charge in [-0.15, -0.1) is 0 Å². The van der Waals surface area contributed by atoms with Crippen LogP contribution in [0.4, 0.5) is 5.69 Å². The number of rotatable bonds is 2. The second-order valence-electron chi connectivity index (χ2n) is 3.47. The molecule has 1 aliphatic rings. The number of fused-ring (bicyclic) bond motifs is 1. The van der Waals surface area contributed by atoms with Crippen molar-refractivity contribution in [2.24, 2.45) is 5.90 Å². The summed E-state index contributed by atoms with van der Waals surface area (Å²) in [5, 5.41) is 0. The molecule has 1 heterocycles. The highest BCUT2D eigenvalue weighted by atomic mass is 16.6. The molecule has 3 nitrogen and oxygen atoms in total. The van der Waals surface area contributed by atoms with Crippen LogP contribution in [0, 0.1) is 0 Å². The first-order chi connectivity index (χ1) is 6.33. The Bertz CT molecular complexity index is 301. The van der Waals surface area contributed by atoms with E-state index in [-0.39, 0.29) is 0 Å². The third-order valence-electron chi connectivity index (χ3n) is 2.58. The van der Waals surface area contributed by atoms with Gasteiger partial charge in [0.15, 0.2) is 0 Å². The van der Waals surface area contributed by atoms with Crippen LogP contribution in [0.15, 0.2) is 24.3 Å². The van der Waals surface area contributed by atoms with Gasteiger partial charge in [0, 0.05) is 25.2 Å². The molecule has 0 saturated carbocycles. The molecule has 0 bridgehead atoms. The highest BCUT2D eigenvalue weighted by Gasteiger charge is 2.25. The van der Waals surface area contributed by atoms with Gasteiger partial charge in [-0.05, 0) is 11.6 Å². The van der Waals surface area contributed by atoms with Gasteiger partial charge < -0.3 is 9.74 Å². The van der Waals surface area contributed by atoms with Crippen molar-refractivity contribution in [1.29, 1.82) is 0 Å². The molecule has 2 rings (SSSR count). The fourth-order valence-electron chi connectivity index (χ4n) is 1.97. The summed E-state index contributed by atoms with van der Waals surface area (Å²) in [6.07, 6.45) is 0. The molecule has 0 radical (unpaired) electrons. The van der Waals surface area contributed by atoms with E-state index in [1.807, 2.05) is 0 Å². The molecule has 70 valence electrons. The number of nitrogens with zero attached hydrogens (tertiary/aromatic N) is 1. The molecule has 0 aromatic heterocycles. The summed E-state index contributed by atoms with van der Waals surface area (Å²) in [5.74, 6) is 5.51. The topological polar surface area (TPSA) is 38.5 Å². The normalized spacial score (nSPS) is 20.5. The summed E-state index contributed by atoms with van der Waals surface area (Å²) in [6.45, 7) is 1.60. The van der Waals surface area contributed by atoms with Crippen LogP contribution in [0.2, 0.25) is 0 Å². The zero-order valence-corrected chi connectivity index (χ0v) is 7.73. The van der Waals surface area contributed by atoms with Gasteiger partial charge in [-0.3, -0.25) is 0 Å². The van der Waals surface area contributed by atoms with E-state index in [9.17, 15) is 0 Å². The van der Waals surface area contributed by atoms with Gasteiger partial charge >= 0.3 is 0 Å². The van der Waals surface area contributed by atoms with Gasteiger partial charge in [0.1, 0.15) is 0 Å². The molecular formula is C10H14N2O. The summed E-state index contributed by atoms with van der Waals surface area (Å²) in [6, 6.07) is 8.39. The fraction of sp³-hybridized carbons (Fsp3) is 0.400. The summed E-state index contributed by atoms with van der Waals surface area (Å²) in [7, 11) is 2.09. The third kappa shape index (κ3) is 1.41. The van der Waals surface area contributed by atoms with Crippen LogP contribution in [0.1, 0.15) is 11.5 Å². The van der Waals surface area contributed by atoms with Crippen molar-refractivity contribution in [2.75, 3.05) is 25.1 Å². The van der Waals surface area contributed by atoms with Gasteiger partial charge in [0.05, 0.1) is 6.61 Å². The summed E-state index contributed by atoms with van der Waals surface area (Å²) < 4.78 is 0. The minimum absolute atomic E-state index is 0.422. The minimum atomic E-state index is 0.422. The summed E-state index contributed by atoms with van der Waals surface area (Å²) in [4.78, 5) is 6.94. The maximum absolute atomic E-state index is 5.09. The minimum Gasteiger partial charge on any atom is -0.374 e. The molecule has 0 amide bonds. The number of nitrogens with two attached hydrogens (primary N) is 1. The van der Waals surface area contributed by atoms with Crippen molar-refractivity contribution < 1.29 is 4.84 Å². The van der Waals surface area contributed by atoms with E-state index in [1.165, 1.54) is 11.3 Å². The van der Waals surface area contributed by atoms with Gasteiger partial charge in [0.25, 0.3) is 0 Å². The fourth-order valence-corrected chi connectivity index (χ4v) is 1.97. The lowest BCUT2D eigenvalue weighted by atomic mass is 10.0. The van der Waals surface area contributed by atoms with E-state index >= 15 is 0 Å². The van der Waals surface area contributed by atoms with E-state index in [0.29, 0.717) is 12.5 Å². The van der Waals surface area contributed by atoms with Crippen molar-refractivity contribution in [1.82, 2.24) is 0 Å². The van der Waals surface area contributed by atoms with Crippen LogP contribution in [0.25, 0.3) is 0 Å². The summed E-state index contributed by atoms with van der Waals surface area (Å²) in [5.41, 5.74) is 2.64. The number of anilines is 1. The Morgan fingerprint density at radius 2 is 2.31 bits per heavy atom. The van der Waals surface area contributed by atoms with E-state index in [4.69, 9.17) is 10.7 Å². The number of hydrogen-bond acceptors (Lipinski definition) is 3. The van der Waals surface area contributed by atoms with Gasteiger partial charge in [-0.25, -0.2) is 5.90 Å². The lowest BCUT2D eigenvalue weighted by molar-refractivity contribution is 0.126. The number of likely N-dealkylation sites (N-methyl/N-ethyl adjacent to an activating group) is 1. The van der Waals surface area contributed by atoms with Crippen molar-refractivity contribution in [3.05, 3.63) is 29.8 Å². The molecule has 0 aliphatic carbocycles. The van der Waals surface area contributed by atoms with Crippen LogP contribution < -0.4 is 10.8 Å². The number of benzene rings is 1. The Balaban J connectivity index is 2.30. The first-order valence-electron chi connectivity index (χ1n) is 4.44. The van der Waals surface area contributed by atoms with Crippen LogP contribution in [0.3, 0.4) is 0 Å². The maximum Gasteiger partial charge on any atom is 0.0765 e. The van der Waals surface area contributed by atoms with E-state index < -0.39 is 0 Å². The monoisotopic (exact) mass is 178 g/mol. The Hall–Kier alpha value is -1.06.